The number of fused-ring (bicyclic) bond motifs is 1. The van der Waals surface area contributed by atoms with Crippen LogP contribution in [0, 0.1) is 17.3 Å². The fourth-order valence-electron chi connectivity index (χ4n) is 6.08. The van der Waals surface area contributed by atoms with Crippen molar-refractivity contribution in [3.05, 3.63) is 35.5 Å². The smallest absolute Gasteiger partial charge is 0.105 e. The molecule has 0 amide bonds. The SMILES string of the molecule is C=C1/C(=C\C=C2/CCC[C@]3(C)[C@@H]([C@H](C)OCC(O)C(C)(C)O)CC[C@@H]23)C[C@@H](O)C[C@@H]1O. The molecule has 0 spiro atoms. The number of aliphatic hydroxyl groups is 4. The molecule has 0 bridgehead atoms. The van der Waals surface area contributed by atoms with E-state index in [4.69, 9.17) is 4.74 Å². The molecule has 3 aliphatic carbocycles. The topological polar surface area (TPSA) is 90.2 Å². The van der Waals surface area contributed by atoms with Crippen LogP contribution >= 0.6 is 0 Å². The molecule has 176 valence electrons. The van der Waals surface area contributed by atoms with Crippen molar-refractivity contribution in [2.45, 2.75) is 103 Å². The van der Waals surface area contributed by atoms with Gasteiger partial charge in [0.05, 0.1) is 30.5 Å². The second-order valence-electron chi connectivity index (χ2n) is 10.9. The highest BCUT2D eigenvalue weighted by Crippen LogP contribution is 2.58. The summed E-state index contributed by atoms with van der Waals surface area (Å²) in [5, 5.41) is 40.2. The first kappa shape index (κ1) is 24.7. The first-order chi connectivity index (χ1) is 14.4. The van der Waals surface area contributed by atoms with Crippen molar-refractivity contribution in [1.82, 2.24) is 0 Å². The van der Waals surface area contributed by atoms with Crippen molar-refractivity contribution >= 4 is 0 Å². The number of rotatable bonds is 6. The Morgan fingerprint density at radius 2 is 1.97 bits per heavy atom. The molecule has 0 aromatic carbocycles. The maximum atomic E-state index is 10.1. The first-order valence-corrected chi connectivity index (χ1v) is 11.9. The van der Waals surface area contributed by atoms with Crippen LogP contribution in [0.2, 0.25) is 0 Å². The fraction of sp³-hybridized carbons (Fsp3) is 0.769. The Morgan fingerprint density at radius 1 is 1.26 bits per heavy atom. The number of hydrogen-bond donors (Lipinski definition) is 4. The van der Waals surface area contributed by atoms with Crippen molar-refractivity contribution in [3.63, 3.8) is 0 Å². The summed E-state index contributed by atoms with van der Waals surface area (Å²) in [6.45, 7) is 11.9. The molecular formula is C26H42O5. The van der Waals surface area contributed by atoms with Gasteiger partial charge >= 0.3 is 0 Å². The molecular weight excluding hydrogens is 392 g/mol. The third-order valence-electron chi connectivity index (χ3n) is 8.20. The van der Waals surface area contributed by atoms with E-state index in [2.05, 4.69) is 32.6 Å². The van der Waals surface area contributed by atoms with Gasteiger partial charge in [0.25, 0.3) is 0 Å². The second kappa shape index (κ2) is 9.48. The van der Waals surface area contributed by atoms with Crippen LogP contribution in [0.1, 0.15) is 72.6 Å². The minimum atomic E-state index is -1.17. The predicted molar refractivity (Wildman–Crippen MR) is 122 cm³/mol. The zero-order valence-corrected chi connectivity index (χ0v) is 19.7. The second-order valence-corrected chi connectivity index (χ2v) is 10.9. The van der Waals surface area contributed by atoms with E-state index < -0.39 is 23.9 Å². The van der Waals surface area contributed by atoms with E-state index in [9.17, 15) is 20.4 Å². The quantitative estimate of drug-likeness (QED) is 0.512. The molecule has 31 heavy (non-hydrogen) atoms. The van der Waals surface area contributed by atoms with Crippen molar-refractivity contribution in [2.75, 3.05) is 6.61 Å². The molecule has 5 nitrogen and oxygen atoms in total. The van der Waals surface area contributed by atoms with E-state index in [0.29, 0.717) is 24.7 Å². The van der Waals surface area contributed by atoms with Crippen LogP contribution in [0.15, 0.2) is 35.5 Å². The van der Waals surface area contributed by atoms with Crippen molar-refractivity contribution in [2.24, 2.45) is 17.3 Å². The highest BCUT2D eigenvalue weighted by Gasteiger charge is 2.51. The average molecular weight is 435 g/mol. The van der Waals surface area contributed by atoms with Gasteiger partial charge in [0.2, 0.25) is 0 Å². The summed E-state index contributed by atoms with van der Waals surface area (Å²) >= 11 is 0. The normalized spacial score (nSPS) is 39.0. The molecule has 0 aromatic heterocycles. The Hall–Kier alpha value is -0.980. The van der Waals surface area contributed by atoms with Gasteiger partial charge in [0.1, 0.15) is 6.10 Å². The van der Waals surface area contributed by atoms with E-state index >= 15 is 0 Å². The summed E-state index contributed by atoms with van der Waals surface area (Å²) in [6, 6.07) is 0. The van der Waals surface area contributed by atoms with Crippen LogP contribution in [-0.4, -0.2) is 57.0 Å². The maximum Gasteiger partial charge on any atom is 0.105 e. The fourth-order valence-corrected chi connectivity index (χ4v) is 6.08. The Balaban J connectivity index is 1.71. The standard InChI is InChI=1S/C26H42O5/c1-16-19(13-20(27)14-23(16)28)9-8-18-7-6-12-26(5)21(10-11-22(18)26)17(2)31-15-24(29)25(3,4)30/h8-9,17,20-24,27-30H,1,6-7,10-15H2,2-5H3/b18-8+,19-9-/t17-,20+,21+,22-,23-,24?,26+/m0/s1. The van der Waals surface area contributed by atoms with Gasteiger partial charge in [-0.15, -0.1) is 0 Å². The minimum absolute atomic E-state index is 0.0214. The molecule has 0 radical (unpaired) electrons. The van der Waals surface area contributed by atoms with Gasteiger partial charge in [-0.05, 0) is 87.7 Å². The molecule has 4 N–H and O–H groups in total. The molecule has 3 fully saturated rings. The highest BCUT2D eigenvalue weighted by molar-refractivity contribution is 5.38. The lowest BCUT2D eigenvalue weighted by Gasteiger charge is -2.44. The molecule has 7 atom stereocenters. The van der Waals surface area contributed by atoms with Crippen LogP contribution in [0.3, 0.4) is 0 Å². The molecule has 0 heterocycles. The number of hydrogen-bond acceptors (Lipinski definition) is 5. The third kappa shape index (κ3) is 5.33. The average Bonchev–Trinajstić information content (AvgIpc) is 3.04. The molecule has 0 aliphatic heterocycles. The number of ether oxygens (including phenoxy) is 1. The summed E-state index contributed by atoms with van der Waals surface area (Å²) in [7, 11) is 0. The van der Waals surface area contributed by atoms with Gasteiger partial charge in [-0.1, -0.05) is 31.2 Å². The van der Waals surface area contributed by atoms with E-state index in [0.717, 1.165) is 36.8 Å². The third-order valence-corrected chi connectivity index (χ3v) is 8.20. The monoisotopic (exact) mass is 434 g/mol. The molecule has 1 unspecified atom stereocenters. The van der Waals surface area contributed by atoms with E-state index in [1.54, 1.807) is 13.8 Å². The Kier molecular flexibility index (Phi) is 7.54. The van der Waals surface area contributed by atoms with Crippen LogP contribution < -0.4 is 0 Å². The Morgan fingerprint density at radius 3 is 2.65 bits per heavy atom. The molecule has 3 aliphatic rings. The van der Waals surface area contributed by atoms with Crippen molar-refractivity contribution in [3.8, 4) is 0 Å². The lowest BCUT2D eigenvalue weighted by Crippen LogP contribution is -2.43. The molecule has 5 heteroatoms. The summed E-state index contributed by atoms with van der Waals surface area (Å²) in [6.07, 6.45) is 8.80. The van der Waals surface area contributed by atoms with Gasteiger partial charge in [-0.25, -0.2) is 0 Å². The van der Waals surface area contributed by atoms with E-state index in [1.807, 2.05) is 0 Å². The zero-order valence-electron chi connectivity index (χ0n) is 19.7. The van der Waals surface area contributed by atoms with E-state index in [1.165, 1.54) is 12.0 Å². The first-order valence-electron chi connectivity index (χ1n) is 11.9. The maximum absolute atomic E-state index is 10.1. The Labute approximate surface area is 187 Å². The largest absolute Gasteiger partial charge is 0.393 e. The Bertz CT molecular complexity index is 718. The van der Waals surface area contributed by atoms with Crippen LogP contribution in [0.5, 0.6) is 0 Å². The zero-order chi connectivity index (χ0) is 23.0. The lowest BCUT2D eigenvalue weighted by molar-refractivity contribution is -0.114. The molecule has 3 saturated carbocycles. The summed E-state index contributed by atoms with van der Waals surface area (Å²) in [5.74, 6) is 0.913. The number of allylic oxidation sites excluding steroid dienone is 3. The van der Waals surface area contributed by atoms with Crippen molar-refractivity contribution in [1.29, 1.82) is 0 Å². The van der Waals surface area contributed by atoms with Gasteiger partial charge in [-0.3, -0.25) is 0 Å². The van der Waals surface area contributed by atoms with Gasteiger partial charge in [-0.2, -0.15) is 0 Å². The van der Waals surface area contributed by atoms with Crippen molar-refractivity contribution < 1.29 is 25.2 Å². The lowest BCUT2D eigenvalue weighted by atomic mass is 9.62. The van der Waals surface area contributed by atoms with Gasteiger partial charge in [0.15, 0.2) is 0 Å². The summed E-state index contributed by atoms with van der Waals surface area (Å²) in [4.78, 5) is 0. The van der Waals surface area contributed by atoms with Crippen LogP contribution in [0.4, 0.5) is 0 Å². The molecule has 3 rings (SSSR count). The summed E-state index contributed by atoms with van der Waals surface area (Å²) < 4.78 is 6.05. The van der Waals surface area contributed by atoms with E-state index in [-0.39, 0.29) is 18.1 Å². The molecule has 0 saturated heterocycles. The number of aliphatic hydroxyl groups excluding tert-OH is 3. The van der Waals surface area contributed by atoms with Crippen LogP contribution in [0.25, 0.3) is 0 Å². The summed E-state index contributed by atoms with van der Waals surface area (Å²) in [5.41, 5.74) is 2.13. The predicted octanol–water partition coefficient (Wildman–Crippen LogP) is 3.66. The van der Waals surface area contributed by atoms with Gasteiger partial charge in [0, 0.05) is 6.42 Å². The van der Waals surface area contributed by atoms with Gasteiger partial charge < -0.3 is 25.2 Å². The minimum Gasteiger partial charge on any atom is -0.393 e. The highest BCUT2D eigenvalue weighted by atomic mass is 16.5. The van der Waals surface area contributed by atoms with Crippen LogP contribution in [-0.2, 0) is 4.74 Å². The molecule has 0 aromatic rings.